The average Bonchev–Trinajstić information content (AvgIpc) is 2.37. The van der Waals surface area contributed by atoms with Gasteiger partial charge in [-0.2, -0.15) is 0 Å². The van der Waals surface area contributed by atoms with Crippen LogP contribution in [0.4, 0.5) is 11.5 Å². The Hall–Kier alpha value is -2.18. The van der Waals surface area contributed by atoms with Crippen molar-refractivity contribution in [2.45, 2.75) is 6.92 Å². The van der Waals surface area contributed by atoms with Crippen LogP contribution in [0.25, 0.3) is 0 Å². The van der Waals surface area contributed by atoms with Gasteiger partial charge in [0.05, 0.1) is 18.0 Å². The Labute approximate surface area is 105 Å². The average molecular weight is 253 g/mol. The Balaban J connectivity index is 2.87. The molecular formula is C11H15N3O4. The summed E-state index contributed by atoms with van der Waals surface area (Å²) in [5.41, 5.74) is -0.0861. The fraction of sp³-hybridized carbons (Fsp3) is 0.455. The number of pyridine rings is 1. The largest absolute Gasteiger partial charge is 0.469 e. The van der Waals surface area contributed by atoms with Gasteiger partial charge in [-0.3, -0.25) is 14.9 Å². The molecule has 0 aliphatic rings. The van der Waals surface area contributed by atoms with Crippen molar-refractivity contribution in [3.8, 4) is 0 Å². The Morgan fingerprint density at radius 2 is 2.33 bits per heavy atom. The molecule has 0 aromatic carbocycles. The fourth-order valence-corrected chi connectivity index (χ4v) is 1.60. The van der Waals surface area contributed by atoms with E-state index in [4.69, 9.17) is 0 Å². The van der Waals surface area contributed by atoms with Crippen molar-refractivity contribution in [3.05, 3.63) is 28.4 Å². The minimum atomic E-state index is -0.498. The predicted octanol–water partition coefficient (Wildman–Crippen LogP) is 1.24. The van der Waals surface area contributed by atoms with Gasteiger partial charge < -0.3 is 9.64 Å². The first-order valence-electron chi connectivity index (χ1n) is 5.35. The molecule has 1 rings (SSSR count). The van der Waals surface area contributed by atoms with Gasteiger partial charge in [0.15, 0.2) is 0 Å². The lowest BCUT2D eigenvalue weighted by atomic mass is 10.1. The van der Waals surface area contributed by atoms with E-state index in [1.807, 2.05) is 0 Å². The van der Waals surface area contributed by atoms with E-state index in [0.717, 1.165) is 0 Å². The van der Waals surface area contributed by atoms with Crippen molar-refractivity contribution < 1.29 is 14.5 Å². The number of ether oxygens (including phenoxy) is 1. The van der Waals surface area contributed by atoms with E-state index >= 15 is 0 Å². The molecule has 7 heteroatoms. The molecule has 0 N–H and O–H groups in total. The zero-order chi connectivity index (χ0) is 13.7. The van der Waals surface area contributed by atoms with E-state index in [9.17, 15) is 14.9 Å². The van der Waals surface area contributed by atoms with Gasteiger partial charge >= 0.3 is 11.7 Å². The SMILES string of the molecule is COC(=O)C(C)CN(C)c1ncccc1[N+](=O)[O-]. The first-order chi connectivity index (χ1) is 8.47. The molecule has 0 saturated heterocycles. The number of nitrogens with zero attached hydrogens (tertiary/aromatic N) is 3. The van der Waals surface area contributed by atoms with Gasteiger partial charge in [0, 0.05) is 25.9 Å². The highest BCUT2D eigenvalue weighted by atomic mass is 16.6. The van der Waals surface area contributed by atoms with Crippen LogP contribution < -0.4 is 4.90 Å². The van der Waals surface area contributed by atoms with E-state index in [1.165, 1.54) is 25.4 Å². The lowest BCUT2D eigenvalue weighted by Crippen LogP contribution is -2.30. The van der Waals surface area contributed by atoms with Crippen molar-refractivity contribution in [1.82, 2.24) is 4.98 Å². The van der Waals surface area contributed by atoms with Crippen LogP contribution in [0.5, 0.6) is 0 Å². The molecule has 1 unspecified atom stereocenters. The lowest BCUT2D eigenvalue weighted by molar-refractivity contribution is -0.384. The first-order valence-corrected chi connectivity index (χ1v) is 5.35. The Morgan fingerprint density at radius 1 is 1.67 bits per heavy atom. The zero-order valence-corrected chi connectivity index (χ0v) is 10.5. The van der Waals surface area contributed by atoms with E-state index in [0.29, 0.717) is 6.54 Å². The molecule has 1 atom stereocenters. The Morgan fingerprint density at radius 3 is 2.89 bits per heavy atom. The number of anilines is 1. The molecule has 0 amide bonds. The highest BCUT2D eigenvalue weighted by Gasteiger charge is 2.22. The number of hydrogen-bond donors (Lipinski definition) is 0. The maximum Gasteiger partial charge on any atom is 0.311 e. The zero-order valence-electron chi connectivity index (χ0n) is 10.5. The Kier molecular flexibility index (Phi) is 4.59. The van der Waals surface area contributed by atoms with Crippen molar-refractivity contribution in [3.63, 3.8) is 0 Å². The molecule has 98 valence electrons. The van der Waals surface area contributed by atoms with Crippen molar-refractivity contribution in [1.29, 1.82) is 0 Å². The summed E-state index contributed by atoms with van der Waals surface area (Å²) in [6.45, 7) is 1.99. The predicted molar refractivity (Wildman–Crippen MR) is 65.3 cm³/mol. The van der Waals surface area contributed by atoms with Crippen LogP contribution in [0.15, 0.2) is 18.3 Å². The summed E-state index contributed by atoms with van der Waals surface area (Å²) < 4.78 is 4.61. The number of nitro groups is 1. The fourth-order valence-electron chi connectivity index (χ4n) is 1.60. The van der Waals surface area contributed by atoms with Crippen LogP contribution in [0.3, 0.4) is 0 Å². The lowest BCUT2D eigenvalue weighted by Gasteiger charge is -2.20. The Bertz CT molecular complexity index is 450. The molecule has 0 spiro atoms. The normalized spacial score (nSPS) is 11.7. The van der Waals surface area contributed by atoms with Gasteiger partial charge in [0.25, 0.3) is 0 Å². The summed E-state index contributed by atoms with van der Waals surface area (Å²) in [6.07, 6.45) is 1.47. The van der Waals surface area contributed by atoms with Crippen LogP contribution in [-0.4, -0.2) is 36.6 Å². The third-order valence-corrected chi connectivity index (χ3v) is 2.48. The van der Waals surface area contributed by atoms with Crippen LogP contribution in [0.2, 0.25) is 0 Å². The molecular weight excluding hydrogens is 238 g/mol. The number of carbonyl (C=O) groups is 1. The summed E-state index contributed by atoms with van der Waals surface area (Å²) >= 11 is 0. The molecule has 1 heterocycles. The molecule has 0 fully saturated rings. The summed E-state index contributed by atoms with van der Waals surface area (Å²) in [4.78, 5) is 27.2. The first kappa shape index (κ1) is 13.9. The minimum Gasteiger partial charge on any atom is -0.469 e. The summed E-state index contributed by atoms with van der Waals surface area (Å²) in [5, 5.41) is 10.8. The van der Waals surface area contributed by atoms with Crippen LogP contribution in [-0.2, 0) is 9.53 Å². The van der Waals surface area contributed by atoms with Gasteiger partial charge in [-0.1, -0.05) is 6.92 Å². The second-order valence-corrected chi connectivity index (χ2v) is 3.91. The molecule has 0 aliphatic heterocycles. The van der Waals surface area contributed by atoms with E-state index < -0.39 is 4.92 Å². The summed E-state index contributed by atoms with van der Waals surface area (Å²) in [7, 11) is 2.96. The van der Waals surface area contributed by atoms with E-state index in [-0.39, 0.29) is 23.4 Å². The van der Waals surface area contributed by atoms with Gasteiger partial charge in [-0.05, 0) is 6.07 Å². The van der Waals surface area contributed by atoms with Crippen LogP contribution >= 0.6 is 0 Å². The summed E-state index contributed by atoms with van der Waals surface area (Å²) in [6, 6.07) is 2.88. The molecule has 0 aliphatic carbocycles. The van der Waals surface area contributed by atoms with E-state index in [1.54, 1.807) is 18.9 Å². The van der Waals surface area contributed by atoms with Crippen molar-refractivity contribution in [2.24, 2.45) is 5.92 Å². The molecule has 7 nitrogen and oxygen atoms in total. The molecule has 0 bridgehead atoms. The maximum atomic E-state index is 11.3. The maximum absolute atomic E-state index is 11.3. The monoisotopic (exact) mass is 253 g/mol. The van der Waals surface area contributed by atoms with Gasteiger partial charge in [-0.25, -0.2) is 4.98 Å². The minimum absolute atomic E-state index is 0.0861. The molecule has 18 heavy (non-hydrogen) atoms. The second-order valence-electron chi connectivity index (χ2n) is 3.91. The van der Waals surface area contributed by atoms with Gasteiger partial charge in [0.1, 0.15) is 0 Å². The van der Waals surface area contributed by atoms with Gasteiger partial charge in [0.2, 0.25) is 5.82 Å². The number of hydrogen-bond acceptors (Lipinski definition) is 6. The van der Waals surface area contributed by atoms with E-state index in [2.05, 4.69) is 9.72 Å². The number of carbonyl (C=O) groups excluding carboxylic acids is 1. The third kappa shape index (κ3) is 3.16. The molecule has 0 radical (unpaired) electrons. The van der Waals surface area contributed by atoms with Crippen LogP contribution in [0.1, 0.15) is 6.92 Å². The summed E-state index contributed by atoms with van der Waals surface area (Å²) in [5.74, 6) is -0.514. The van der Waals surface area contributed by atoms with Crippen molar-refractivity contribution in [2.75, 3.05) is 25.6 Å². The standard InChI is InChI=1S/C11H15N3O4/c1-8(11(15)18-3)7-13(2)10-9(14(16)17)5-4-6-12-10/h4-6,8H,7H2,1-3H3. The number of rotatable bonds is 5. The second kappa shape index (κ2) is 5.95. The van der Waals surface area contributed by atoms with Crippen molar-refractivity contribution >= 4 is 17.5 Å². The third-order valence-electron chi connectivity index (χ3n) is 2.48. The number of aromatic nitrogens is 1. The quantitative estimate of drug-likeness (QED) is 0.445. The highest BCUT2D eigenvalue weighted by Crippen LogP contribution is 2.24. The topological polar surface area (TPSA) is 85.6 Å². The molecule has 1 aromatic heterocycles. The molecule has 1 aromatic rings. The number of esters is 1. The molecule has 0 saturated carbocycles. The number of methoxy groups -OCH3 is 1. The smallest absolute Gasteiger partial charge is 0.311 e. The van der Waals surface area contributed by atoms with Crippen LogP contribution in [0, 0.1) is 16.0 Å². The highest BCUT2D eigenvalue weighted by molar-refractivity contribution is 5.73. The van der Waals surface area contributed by atoms with Gasteiger partial charge in [-0.15, -0.1) is 0 Å².